The normalized spacial score (nSPS) is 19.4. The van der Waals surface area contributed by atoms with E-state index in [1.54, 1.807) is 6.92 Å². The molecule has 0 amide bonds. The van der Waals surface area contributed by atoms with Gasteiger partial charge in [0.25, 0.3) is 0 Å². The van der Waals surface area contributed by atoms with E-state index >= 15 is 0 Å². The lowest BCUT2D eigenvalue weighted by atomic mass is 10.1. The van der Waals surface area contributed by atoms with Crippen molar-refractivity contribution in [2.24, 2.45) is 5.14 Å². The van der Waals surface area contributed by atoms with Crippen LogP contribution in [0.2, 0.25) is 0 Å². The van der Waals surface area contributed by atoms with Gasteiger partial charge in [0.15, 0.2) is 0 Å². The first-order valence-corrected chi connectivity index (χ1v) is 7.35. The van der Waals surface area contributed by atoms with Crippen LogP contribution in [0, 0.1) is 6.92 Å². The van der Waals surface area contributed by atoms with Crippen LogP contribution in [-0.4, -0.2) is 33.7 Å². The lowest BCUT2D eigenvalue weighted by molar-refractivity contribution is 0.0269. The van der Waals surface area contributed by atoms with Crippen molar-refractivity contribution in [3.63, 3.8) is 0 Å². The summed E-state index contributed by atoms with van der Waals surface area (Å²) in [5.41, 5.74) is 0.842. The maximum absolute atomic E-state index is 12.0. The standard InChI is InChI=1S/C12H15NO5S/c1-8-2-3-10(19(13,15)16)6-11(8)12(14)18-9-4-5-17-7-9/h2-3,6,9H,4-5,7H2,1H3,(H2,13,15,16). The summed E-state index contributed by atoms with van der Waals surface area (Å²) in [6.07, 6.45) is 0.379. The first-order valence-electron chi connectivity index (χ1n) is 5.80. The fraction of sp³-hybridized carbons (Fsp3) is 0.417. The molecule has 1 atom stereocenters. The molecule has 1 aliphatic rings. The van der Waals surface area contributed by atoms with Crippen molar-refractivity contribution in [1.82, 2.24) is 0 Å². The number of benzene rings is 1. The highest BCUT2D eigenvalue weighted by atomic mass is 32.2. The monoisotopic (exact) mass is 285 g/mol. The van der Waals surface area contributed by atoms with Crippen molar-refractivity contribution in [1.29, 1.82) is 0 Å². The van der Waals surface area contributed by atoms with Crippen LogP contribution in [-0.2, 0) is 19.5 Å². The second-order valence-corrected chi connectivity index (χ2v) is 5.97. The minimum atomic E-state index is -3.84. The zero-order valence-corrected chi connectivity index (χ0v) is 11.3. The Kier molecular flexibility index (Phi) is 3.88. The van der Waals surface area contributed by atoms with Gasteiger partial charge in [-0.25, -0.2) is 18.4 Å². The first-order chi connectivity index (χ1) is 8.88. The SMILES string of the molecule is Cc1ccc(S(N)(=O)=O)cc1C(=O)OC1CCOC1. The van der Waals surface area contributed by atoms with E-state index in [2.05, 4.69) is 0 Å². The smallest absolute Gasteiger partial charge is 0.338 e. The first kappa shape index (κ1) is 14.0. The molecule has 7 heteroatoms. The van der Waals surface area contributed by atoms with Crippen LogP contribution in [0.3, 0.4) is 0 Å². The Morgan fingerprint density at radius 2 is 2.21 bits per heavy atom. The Hall–Kier alpha value is -1.44. The number of nitrogens with two attached hydrogens (primary N) is 1. The number of hydrogen-bond acceptors (Lipinski definition) is 5. The molecule has 2 N–H and O–H groups in total. The molecule has 104 valence electrons. The topological polar surface area (TPSA) is 95.7 Å². The summed E-state index contributed by atoms with van der Waals surface area (Å²) in [6, 6.07) is 4.13. The van der Waals surface area contributed by atoms with Crippen LogP contribution in [0.4, 0.5) is 0 Å². The average molecular weight is 285 g/mol. The molecule has 6 nitrogen and oxygen atoms in total. The van der Waals surface area contributed by atoms with Crippen molar-refractivity contribution in [2.75, 3.05) is 13.2 Å². The summed E-state index contributed by atoms with van der Waals surface area (Å²) in [4.78, 5) is 11.9. The minimum Gasteiger partial charge on any atom is -0.456 e. The molecular formula is C12H15NO5S. The second kappa shape index (κ2) is 5.28. The lowest BCUT2D eigenvalue weighted by Gasteiger charge is -2.12. The van der Waals surface area contributed by atoms with Gasteiger partial charge in [-0.05, 0) is 24.6 Å². The molecule has 0 aliphatic carbocycles. The third kappa shape index (κ3) is 3.31. The van der Waals surface area contributed by atoms with Gasteiger partial charge in [-0.3, -0.25) is 0 Å². The summed E-state index contributed by atoms with van der Waals surface area (Å²) in [5.74, 6) is -0.557. The lowest BCUT2D eigenvalue weighted by Crippen LogP contribution is -2.20. The fourth-order valence-corrected chi connectivity index (χ4v) is 2.36. The van der Waals surface area contributed by atoms with E-state index in [1.807, 2.05) is 0 Å². The van der Waals surface area contributed by atoms with Crippen LogP contribution in [0.1, 0.15) is 22.3 Å². The van der Waals surface area contributed by atoms with E-state index < -0.39 is 16.0 Å². The zero-order chi connectivity index (χ0) is 14.0. The molecular weight excluding hydrogens is 270 g/mol. The number of esters is 1. The molecule has 1 fully saturated rings. The second-order valence-electron chi connectivity index (χ2n) is 4.41. The molecule has 0 aromatic heterocycles. The highest BCUT2D eigenvalue weighted by Gasteiger charge is 2.22. The van der Waals surface area contributed by atoms with E-state index in [9.17, 15) is 13.2 Å². The van der Waals surface area contributed by atoms with Gasteiger partial charge >= 0.3 is 5.97 Å². The Balaban J connectivity index is 2.25. The van der Waals surface area contributed by atoms with Crippen molar-refractivity contribution in [3.05, 3.63) is 29.3 Å². The number of sulfonamides is 1. The maximum Gasteiger partial charge on any atom is 0.338 e. The number of carbonyl (C=O) groups is 1. The summed E-state index contributed by atoms with van der Waals surface area (Å²) >= 11 is 0. The number of aryl methyl sites for hydroxylation is 1. The van der Waals surface area contributed by atoms with Crippen LogP contribution >= 0.6 is 0 Å². The van der Waals surface area contributed by atoms with Gasteiger partial charge in [-0.15, -0.1) is 0 Å². The number of ether oxygens (including phenoxy) is 2. The fourth-order valence-electron chi connectivity index (χ4n) is 1.82. The highest BCUT2D eigenvalue weighted by Crippen LogP contribution is 2.18. The van der Waals surface area contributed by atoms with Gasteiger partial charge in [0.1, 0.15) is 6.10 Å². The molecule has 1 aliphatic heterocycles. The van der Waals surface area contributed by atoms with Crippen LogP contribution in [0.5, 0.6) is 0 Å². The van der Waals surface area contributed by atoms with Gasteiger partial charge in [0.2, 0.25) is 10.0 Å². The highest BCUT2D eigenvalue weighted by molar-refractivity contribution is 7.89. The molecule has 0 spiro atoms. The van der Waals surface area contributed by atoms with Gasteiger partial charge in [-0.1, -0.05) is 6.07 Å². The molecule has 0 saturated carbocycles. The van der Waals surface area contributed by atoms with E-state index in [0.717, 1.165) is 0 Å². The average Bonchev–Trinajstić information content (AvgIpc) is 2.80. The Morgan fingerprint density at radius 3 is 2.79 bits per heavy atom. The van der Waals surface area contributed by atoms with Crippen molar-refractivity contribution in [2.45, 2.75) is 24.3 Å². The quantitative estimate of drug-likeness (QED) is 0.820. The third-order valence-electron chi connectivity index (χ3n) is 2.92. The molecule has 1 aromatic rings. The molecule has 1 aromatic carbocycles. The molecule has 1 heterocycles. The predicted octanol–water partition coefficient (Wildman–Crippen LogP) is 0.588. The minimum absolute atomic E-state index is 0.104. The third-order valence-corrected chi connectivity index (χ3v) is 3.83. The summed E-state index contributed by atoms with van der Waals surface area (Å²) in [5, 5.41) is 5.04. The van der Waals surface area contributed by atoms with E-state index in [0.29, 0.717) is 25.2 Å². The number of hydrogen-bond donors (Lipinski definition) is 1. The predicted molar refractivity (Wildman–Crippen MR) is 67.2 cm³/mol. The molecule has 2 rings (SSSR count). The maximum atomic E-state index is 12.0. The molecule has 0 bridgehead atoms. The Bertz CT molecular complexity index is 590. The summed E-state index contributed by atoms with van der Waals surface area (Å²) in [7, 11) is -3.84. The van der Waals surface area contributed by atoms with Crippen LogP contribution < -0.4 is 5.14 Å². The van der Waals surface area contributed by atoms with Crippen molar-refractivity contribution in [3.8, 4) is 0 Å². The van der Waals surface area contributed by atoms with Gasteiger partial charge < -0.3 is 9.47 Å². The van der Waals surface area contributed by atoms with E-state index in [1.165, 1.54) is 18.2 Å². The Morgan fingerprint density at radius 1 is 1.47 bits per heavy atom. The van der Waals surface area contributed by atoms with Gasteiger partial charge in [0.05, 0.1) is 23.7 Å². The largest absolute Gasteiger partial charge is 0.456 e. The van der Waals surface area contributed by atoms with Crippen LogP contribution in [0.15, 0.2) is 23.1 Å². The zero-order valence-electron chi connectivity index (χ0n) is 10.5. The molecule has 19 heavy (non-hydrogen) atoms. The number of carbonyl (C=O) groups excluding carboxylic acids is 1. The molecule has 1 unspecified atom stereocenters. The van der Waals surface area contributed by atoms with Gasteiger partial charge in [-0.2, -0.15) is 0 Å². The van der Waals surface area contributed by atoms with Crippen LogP contribution in [0.25, 0.3) is 0 Å². The van der Waals surface area contributed by atoms with Crippen molar-refractivity contribution >= 4 is 16.0 Å². The van der Waals surface area contributed by atoms with E-state index in [-0.39, 0.29) is 16.6 Å². The number of rotatable bonds is 3. The molecule has 0 radical (unpaired) electrons. The Labute approximate surface area is 111 Å². The molecule has 1 saturated heterocycles. The van der Waals surface area contributed by atoms with E-state index in [4.69, 9.17) is 14.6 Å². The number of primary sulfonamides is 1. The van der Waals surface area contributed by atoms with Gasteiger partial charge in [0, 0.05) is 6.42 Å². The summed E-state index contributed by atoms with van der Waals surface area (Å²) in [6.45, 7) is 2.64. The summed E-state index contributed by atoms with van der Waals surface area (Å²) < 4.78 is 32.9. The van der Waals surface area contributed by atoms with Crippen molar-refractivity contribution < 1.29 is 22.7 Å².